The molecular weight excluding hydrogens is 274 g/mol. The third-order valence-electron chi connectivity index (χ3n) is 3.19. The molecule has 2 aromatic carbocycles. The molecule has 3 nitrogen and oxygen atoms in total. The number of ether oxygens (including phenoxy) is 1. The fourth-order valence-electron chi connectivity index (χ4n) is 1.91. The fraction of sp³-hybridized carbons (Fsp3) is 0.188. The molecule has 104 valence electrons. The van der Waals surface area contributed by atoms with Crippen LogP contribution in [0.15, 0.2) is 36.4 Å². The van der Waals surface area contributed by atoms with E-state index in [1.54, 1.807) is 18.2 Å². The van der Waals surface area contributed by atoms with Crippen molar-refractivity contribution in [2.75, 3.05) is 5.73 Å². The van der Waals surface area contributed by atoms with E-state index < -0.39 is 0 Å². The van der Waals surface area contributed by atoms with Crippen molar-refractivity contribution in [3.8, 4) is 0 Å². The van der Waals surface area contributed by atoms with E-state index in [9.17, 15) is 4.79 Å². The minimum atomic E-state index is -0.368. The minimum absolute atomic E-state index is 0.212. The van der Waals surface area contributed by atoms with Crippen molar-refractivity contribution < 1.29 is 9.53 Å². The lowest BCUT2D eigenvalue weighted by atomic mass is 10.0. The SMILES string of the molecule is Cc1cc(N)cc(C(=O)OCc2ccc(Cl)cc2)c1C. The van der Waals surface area contributed by atoms with Gasteiger partial charge in [-0.2, -0.15) is 0 Å². The maximum Gasteiger partial charge on any atom is 0.338 e. The van der Waals surface area contributed by atoms with Gasteiger partial charge in [0.2, 0.25) is 0 Å². The average Bonchev–Trinajstić information content (AvgIpc) is 2.42. The van der Waals surface area contributed by atoms with Gasteiger partial charge in [0.25, 0.3) is 0 Å². The smallest absolute Gasteiger partial charge is 0.338 e. The number of carbonyl (C=O) groups is 1. The molecule has 2 N–H and O–H groups in total. The molecule has 2 aromatic rings. The van der Waals surface area contributed by atoms with E-state index in [0.29, 0.717) is 16.3 Å². The van der Waals surface area contributed by atoms with Crippen LogP contribution >= 0.6 is 11.6 Å². The number of halogens is 1. The van der Waals surface area contributed by atoms with Gasteiger partial charge in [0.15, 0.2) is 0 Å². The molecule has 0 fully saturated rings. The summed E-state index contributed by atoms with van der Waals surface area (Å²) in [6.45, 7) is 4.01. The first-order valence-electron chi connectivity index (χ1n) is 6.25. The highest BCUT2D eigenvalue weighted by atomic mass is 35.5. The van der Waals surface area contributed by atoms with Crippen LogP contribution in [0.3, 0.4) is 0 Å². The Morgan fingerprint density at radius 1 is 1.20 bits per heavy atom. The Bertz CT molecular complexity index is 636. The monoisotopic (exact) mass is 289 g/mol. The molecule has 2 rings (SSSR count). The molecule has 0 spiro atoms. The maximum absolute atomic E-state index is 12.1. The summed E-state index contributed by atoms with van der Waals surface area (Å²) in [7, 11) is 0. The molecular formula is C16H16ClNO2. The first-order chi connectivity index (χ1) is 9.47. The summed E-state index contributed by atoms with van der Waals surface area (Å²) in [5.74, 6) is -0.368. The molecule has 0 saturated carbocycles. The highest BCUT2D eigenvalue weighted by Crippen LogP contribution is 2.19. The van der Waals surface area contributed by atoms with Gasteiger partial charge in [-0.05, 0) is 54.8 Å². The number of anilines is 1. The van der Waals surface area contributed by atoms with Crippen molar-refractivity contribution in [2.45, 2.75) is 20.5 Å². The Balaban J connectivity index is 2.11. The van der Waals surface area contributed by atoms with Crippen molar-refractivity contribution in [3.05, 3.63) is 63.7 Å². The molecule has 0 aromatic heterocycles. The maximum atomic E-state index is 12.1. The first-order valence-corrected chi connectivity index (χ1v) is 6.63. The van der Waals surface area contributed by atoms with Crippen molar-refractivity contribution in [1.82, 2.24) is 0 Å². The second kappa shape index (κ2) is 5.97. The Morgan fingerprint density at radius 3 is 2.50 bits per heavy atom. The zero-order chi connectivity index (χ0) is 14.7. The zero-order valence-electron chi connectivity index (χ0n) is 11.4. The number of carbonyl (C=O) groups excluding carboxylic acids is 1. The molecule has 0 unspecified atom stereocenters. The number of nitrogens with two attached hydrogens (primary N) is 1. The van der Waals surface area contributed by atoms with Gasteiger partial charge in [-0.3, -0.25) is 0 Å². The summed E-state index contributed by atoms with van der Waals surface area (Å²) in [5, 5.41) is 0.655. The average molecular weight is 290 g/mol. The number of hydrogen-bond donors (Lipinski definition) is 1. The van der Waals surface area contributed by atoms with Crippen molar-refractivity contribution in [2.24, 2.45) is 0 Å². The first kappa shape index (κ1) is 14.4. The predicted octanol–water partition coefficient (Wildman–Crippen LogP) is 3.90. The molecule has 0 aliphatic rings. The van der Waals surface area contributed by atoms with Crippen LogP contribution in [0.25, 0.3) is 0 Å². The van der Waals surface area contributed by atoms with E-state index in [1.807, 2.05) is 32.0 Å². The zero-order valence-corrected chi connectivity index (χ0v) is 12.2. The molecule has 0 atom stereocenters. The van der Waals surface area contributed by atoms with E-state index >= 15 is 0 Å². The van der Waals surface area contributed by atoms with Crippen LogP contribution in [0.2, 0.25) is 5.02 Å². The molecule has 0 bridgehead atoms. The van der Waals surface area contributed by atoms with Crippen molar-refractivity contribution in [1.29, 1.82) is 0 Å². The largest absolute Gasteiger partial charge is 0.457 e. The lowest BCUT2D eigenvalue weighted by Crippen LogP contribution is -2.09. The Labute approximate surface area is 123 Å². The highest BCUT2D eigenvalue weighted by Gasteiger charge is 2.13. The summed E-state index contributed by atoms with van der Waals surface area (Å²) in [4.78, 5) is 12.1. The molecule has 4 heteroatoms. The third-order valence-corrected chi connectivity index (χ3v) is 3.44. The lowest BCUT2D eigenvalue weighted by molar-refractivity contribution is 0.0472. The summed E-state index contributed by atoms with van der Waals surface area (Å²) in [6, 6.07) is 10.7. The molecule has 0 aliphatic heterocycles. The van der Waals surface area contributed by atoms with E-state index in [0.717, 1.165) is 16.7 Å². The normalized spacial score (nSPS) is 10.3. The quantitative estimate of drug-likeness (QED) is 0.689. The molecule has 0 saturated heterocycles. The number of esters is 1. The summed E-state index contributed by atoms with van der Waals surface area (Å²) in [5.41, 5.74) is 9.59. The number of aryl methyl sites for hydroxylation is 1. The second-order valence-corrected chi connectivity index (χ2v) is 5.15. The van der Waals surface area contributed by atoms with Crippen molar-refractivity contribution in [3.63, 3.8) is 0 Å². The van der Waals surface area contributed by atoms with Gasteiger partial charge in [0.05, 0.1) is 5.56 Å². The van der Waals surface area contributed by atoms with E-state index in [1.165, 1.54) is 0 Å². The number of nitrogen functional groups attached to an aromatic ring is 1. The van der Waals surface area contributed by atoms with Gasteiger partial charge >= 0.3 is 5.97 Å². The van der Waals surface area contributed by atoms with Crippen LogP contribution in [0.1, 0.15) is 27.0 Å². The fourth-order valence-corrected chi connectivity index (χ4v) is 2.03. The van der Waals surface area contributed by atoms with Gasteiger partial charge in [0, 0.05) is 10.7 Å². The standard InChI is InChI=1S/C16H16ClNO2/c1-10-7-14(18)8-15(11(10)2)16(19)20-9-12-3-5-13(17)6-4-12/h3-8H,9,18H2,1-2H3. The third kappa shape index (κ3) is 3.31. The van der Waals surface area contributed by atoms with Crippen LogP contribution in [-0.2, 0) is 11.3 Å². The lowest BCUT2D eigenvalue weighted by Gasteiger charge is -2.10. The van der Waals surface area contributed by atoms with Crippen LogP contribution in [0.5, 0.6) is 0 Å². The van der Waals surface area contributed by atoms with Gasteiger partial charge in [-0.15, -0.1) is 0 Å². The molecule has 0 heterocycles. The molecule has 0 radical (unpaired) electrons. The molecule has 0 aliphatic carbocycles. The number of benzene rings is 2. The van der Waals surface area contributed by atoms with E-state index in [4.69, 9.17) is 22.1 Å². The van der Waals surface area contributed by atoms with E-state index in [2.05, 4.69) is 0 Å². The topological polar surface area (TPSA) is 52.3 Å². The van der Waals surface area contributed by atoms with Gasteiger partial charge in [-0.1, -0.05) is 23.7 Å². The van der Waals surface area contributed by atoms with Crippen LogP contribution in [0, 0.1) is 13.8 Å². The van der Waals surface area contributed by atoms with Crippen LogP contribution in [-0.4, -0.2) is 5.97 Å². The summed E-state index contributed by atoms with van der Waals surface area (Å²) < 4.78 is 5.31. The van der Waals surface area contributed by atoms with Gasteiger partial charge in [-0.25, -0.2) is 4.79 Å². The number of hydrogen-bond acceptors (Lipinski definition) is 3. The molecule has 20 heavy (non-hydrogen) atoms. The Morgan fingerprint density at radius 2 is 1.85 bits per heavy atom. The summed E-state index contributed by atoms with van der Waals surface area (Å²) in [6.07, 6.45) is 0. The summed E-state index contributed by atoms with van der Waals surface area (Å²) >= 11 is 5.80. The number of rotatable bonds is 3. The second-order valence-electron chi connectivity index (χ2n) is 4.71. The van der Waals surface area contributed by atoms with Crippen molar-refractivity contribution >= 4 is 23.3 Å². The van der Waals surface area contributed by atoms with Crippen LogP contribution in [0.4, 0.5) is 5.69 Å². The van der Waals surface area contributed by atoms with Gasteiger partial charge < -0.3 is 10.5 Å². The molecule has 0 amide bonds. The Kier molecular flexibility index (Phi) is 4.30. The highest BCUT2D eigenvalue weighted by molar-refractivity contribution is 6.30. The van der Waals surface area contributed by atoms with Gasteiger partial charge in [0.1, 0.15) is 6.61 Å². The van der Waals surface area contributed by atoms with Crippen LogP contribution < -0.4 is 5.73 Å². The minimum Gasteiger partial charge on any atom is -0.457 e. The van der Waals surface area contributed by atoms with E-state index in [-0.39, 0.29) is 12.6 Å². The predicted molar refractivity (Wildman–Crippen MR) is 80.9 cm³/mol. The Hall–Kier alpha value is -2.00.